The Kier molecular flexibility index (Phi) is 5.13. The fraction of sp³-hybridized carbons (Fsp3) is 0.400. The predicted octanol–water partition coefficient (Wildman–Crippen LogP) is 3.06. The summed E-state index contributed by atoms with van der Waals surface area (Å²) < 4.78 is 45.0. The number of methoxy groups -OCH3 is 1. The zero-order valence-electron chi connectivity index (χ0n) is 15.4. The first-order valence-electron chi connectivity index (χ1n) is 9.09. The quantitative estimate of drug-likeness (QED) is 0.785. The minimum atomic E-state index is -0.720. The second-order valence-corrected chi connectivity index (χ2v) is 6.84. The van der Waals surface area contributed by atoms with Gasteiger partial charge >= 0.3 is 0 Å². The Labute approximate surface area is 161 Å². The van der Waals surface area contributed by atoms with Crippen molar-refractivity contribution in [1.82, 2.24) is 4.98 Å². The van der Waals surface area contributed by atoms with Crippen molar-refractivity contribution in [3.05, 3.63) is 47.7 Å². The lowest BCUT2D eigenvalue weighted by atomic mass is 9.97. The summed E-state index contributed by atoms with van der Waals surface area (Å²) in [6.45, 7) is 1.23. The number of hydrogen-bond acceptors (Lipinski definition) is 5. The molecule has 4 rings (SSSR count). The average Bonchev–Trinajstić information content (AvgIpc) is 3.31. The van der Waals surface area contributed by atoms with Gasteiger partial charge in [-0.15, -0.1) is 0 Å². The summed E-state index contributed by atoms with van der Waals surface area (Å²) in [5.74, 6) is -1.87. The van der Waals surface area contributed by atoms with Crippen LogP contribution in [0.4, 0.5) is 14.5 Å². The van der Waals surface area contributed by atoms with E-state index < -0.39 is 17.6 Å². The SMILES string of the molecule is COc1cc(F)c([C@H]2CC(=O)N(c3cccnc3OC3CCOC3)C2)c(F)c1. The highest BCUT2D eigenvalue weighted by molar-refractivity contribution is 5.97. The van der Waals surface area contributed by atoms with E-state index in [-0.39, 0.29) is 36.3 Å². The third-order valence-corrected chi connectivity index (χ3v) is 5.03. The third kappa shape index (κ3) is 3.52. The molecule has 2 aromatic rings. The maximum atomic E-state index is 14.5. The minimum absolute atomic E-state index is 0.00103. The van der Waals surface area contributed by atoms with Crippen molar-refractivity contribution in [3.8, 4) is 11.6 Å². The number of carbonyl (C=O) groups is 1. The normalized spacial score (nSPS) is 22.0. The number of carbonyl (C=O) groups excluding carboxylic acids is 1. The number of hydrogen-bond donors (Lipinski definition) is 0. The zero-order chi connectivity index (χ0) is 19.7. The number of ether oxygens (including phenoxy) is 3. The van der Waals surface area contributed by atoms with Gasteiger partial charge in [0, 0.05) is 49.2 Å². The third-order valence-electron chi connectivity index (χ3n) is 5.03. The van der Waals surface area contributed by atoms with Crippen molar-refractivity contribution in [2.75, 3.05) is 31.8 Å². The molecule has 0 saturated carbocycles. The highest BCUT2D eigenvalue weighted by Crippen LogP contribution is 2.38. The van der Waals surface area contributed by atoms with Crippen molar-refractivity contribution in [2.45, 2.75) is 24.9 Å². The summed E-state index contributed by atoms with van der Waals surface area (Å²) in [6, 6.07) is 5.68. The maximum Gasteiger partial charge on any atom is 0.238 e. The first-order valence-corrected chi connectivity index (χ1v) is 9.09. The van der Waals surface area contributed by atoms with Crippen LogP contribution in [-0.2, 0) is 9.53 Å². The second kappa shape index (κ2) is 7.71. The summed E-state index contributed by atoms with van der Waals surface area (Å²) in [7, 11) is 1.34. The molecule has 2 fully saturated rings. The fourth-order valence-corrected chi connectivity index (χ4v) is 3.64. The zero-order valence-corrected chi connectivity index (χ0v) is 15.4. The van der Waals surface area contributed by atoms with Gasteiger partial charge in [-0.05, 0) is 12.1 Å². The summed E-state index contributed by atoms with van der Waals surface area (Å²) in [6.07, 6.45) is 2.20. The van der Waals surface area contributed by atoms with Gasteiger partial charge in [-0.2, -0.15) is 0 Å². The molecule has 8 heteroatoms. The van der Waals surface area contributed by atoms with E-state index >= 15 is 0 Å². The first kappa shape index (κ1) is 18.6. The van der Waals surface area contributed by atoms with E-state index in [4.69, 9.17) is 14.2 Å². The molecule has 3 heterocycles. The van der Waals surface area contributed by atoms with Gasteiger partial charge in [-0.1, -0.05) is 0 Å². The Hall–Kier alpha value is -2.74. The molecule has 1 aromatic heterocycles. The molecule has 0 radical (unpaired) electrons. The number of aromatic nitrogens is 1. The van der Waals surface area contributed by atoms with Gasteiger partial charge in [0.15, 0.2) is 0 Å². The van der Waals surface area contributed by atoms with Crippen LogP contribution >= 0.6 is 0 Å². The molecule has 0 spiro atoms. The first-order chi connectivity index (χ1) is 13.6. The van der Waals surface area contributed by atoms with Crippen molar-refractivity contribution in [2.24, 2.45) is 0 Å². The minimum Gasteiger partial charge on any atom is -0.497 e. The molecule has 148 valence electrons. The molecular weight excluding hydrogens is 370 g/mol. The maximum absolute atomic E-state index is 14.5. The highest BCUT2D eigenvalue weighted by Gasteiger charge is 2.36. The molecule has 2 aliphatic heterocycles. The van der Waals surface area contributed by atoms with Gasteiger partial charge in [-0.25, -0.2) is 13.8 Å². The van der Waals surface area contributed by atoms with E-state index in [9.17, 15) is 13.6 Å². The van der Waals surface area contributed by atoms with Gasteiger partial charge in [0.05, 0.1) is 20.3 Å². The number of amides is 1. The highest BCUT2D eigenvalue weighted by atomic mass is 19.1. The predicted molar refractivity (Wildman–Crippen MR) is 96.7 cm³/mol. The Morgan fingerprint density at radius 2 is 2.07 bits per heavy atom. The van der Waals surface area contributed by atoms with Gasteiger partial charge in [0.25, 0.3) is 0 Å². The molecule has 2 atom stereocenters. The van der Waals surface area contributed by atoms with Crippen LogP contribution in [0.3, 0.4) is 0 Å². The molecule has 2 aliphatic rings. The molecule has 0 aliphatic carbocycles. The fourth-order valence-electron chi connectivity index (χ4n) is 3.64. The van der Waals surface area contributed by atoms with E-state index in [1.54, 1.807) is 18.3 Å². The molecule has 1 amide bonds. The van der Waals surface area contributed by atoms with E-state index in [1.165, 1.54) is 12.0 Å². The average molecular weight is 390 g/mol. The monoisotopic (exact) mass is 390 g/mol. The van der Waals surface area contributed by atoms with Crippen molar-refractivity contribution in [1.29, 1.82) is 0 Å². The number of nitrogens with zero attached hydrogens (tertiary/aromatic N) is 2. The Balaban J connectivity index is 1.59. The van der Waals surface area contributed by atoms with Crippen molar-refractivity contribution < 1.29 is 27.8 Å². The molecular formula is C20H20F2N2O4. The summed E-state index contributed by atoms with van der Waals surface area (Å²) in [4.78, 5) is 18.4. The lowest BCUT2D eigenvalue weighted by Crippen LogP contribution is -2.26. The van der Waals surface area contributed by atoms with Crippen molar-refractivity contribution in [3.63, 3.8) is 0 Å². The van der Waals surface area contributed by atoms with Crippen LogP contribution in [0.15, 0.2) is 30.5 Å². The lowest BCUT2D eigenvalue weighted by Gasteiger charge is -2.21. The molecule has 0 bridgehead atoms. The molecule has 2 saturated heterocycles. The number of rotatable bonds is 5. The largest absolute Gasteiger partial charge is 0.497 e. The van der Waals surface area contributed by atoms with Gasteiger partial charge in [0.2, 0.25) is 11.8 Å². The van der Waals surface area contributed by atoms with E-state index in [2.05, 4.69) is 4.98 Å². The summed E-state index contributed by atoms with van der Waals surface area (Å²) in [5, 5.41) is 0. The van der Waals surface area contributed by atoms with Crippen LogP contribution in [0, 0.1) is 11.6 Å². The summed E-state index contributed by atoms with van der Waals surface area (Å²) >= 11 is 0. The van der Waals surface area contributed by atoms with Crippen LogP contribution < -0.4 is 14.4 Å². The van der Waals surface area contributed by atoms with Gasteiger partial charge in [-0.3, -0.25) is 4.79 Å². The molecule has 1 aromatic carbocycles. The standard InChI is InChI=1S/C20H20F2N2O4/c1-26-14-8-15(21)19(16(22)9-14)12-7-18(25)24(10-12)17-3-2-5-23-20(17)28-13-4-6-27-11-13/h2-3,5,8-9,12-13H,4,6-7,10-11H2,1H3/t12-,13?/m0/s1. The molecule has 1 unspecified atom stereocenters. The van der Waals surface area contributed by atoms with E-state index in [1.807, 2.05) is 0 Å². The topological polar surface area (TPSA) is 60.9 Å². The van der Waals surface area contributed by atoms with Crippen LogP contribution in [0.1, 0.15) is 24.3 Å². The lowest BCUT2D eigenvalue weighted by molar-refractivity contribution is -0.117. The molecule has 6 nitrogen and oxygen atoms in total. The van der Waals surface area contributed by atoms with Crippen LogP contribution in [-0.4, -0.2) is 43.9 Å². The van der Waals surface area contributed by atoms with E-state index in [0.29, 0.717) is 24.8 Å². The summed E-state index contributed by atoms with van der Waals surface area (Å²) in [5.41, 5.74) is 0.392. The number of anilines is 1. The second-order valence-electron chi connectivity index (χ2n) is 6.84. The van der Waals surface area contributed by atoms with Crippen molar-refractivity contribution >= 4 is 11.6 Å². The Morgan fingerprint density at radius 3 is 2.75 bits per heavy atom. The van der Waals surface area contributed by atoms with Gasteiger partial charge in [0.1, 0.15) is 29.2 Å². The number of pyridine rings is 1. The molecule has 28 heavy (non-hydrogen) atoms. The van der Waals surface area contributed by atoms with E-state index in [0.717, 1.165) is 18.6 Å². The Bertz CT molecular complexity index is 863. The van der Waals surface area contributed by atoms with Gasteiger partial charge < -0.3 is 19.1 Å². The Morgan fingerprint density at radius 1 is 1.29 bits per heavy atom. The molecule has 0 N–H and O–H groups in total. The smallest absolute Gasteiger partial charge is 0.238 e. The van der Waals surface area contributed by atoms with Crippen LogP contribution in [0.25, 0.3) is 0 Å². The number of benzene rings is 1. The number of halogens is 2. The van der Waals surface area contributed by atoms with Crippen LogP contribution in [0.5, 0.6) is 11.6 Å². The van der Waals surface area contributed by atoms with Crippen LogP contribution in [0.2, 0.25) is 0 Å².